The maximum absolute atomic E-state index is 12.2. The van der Waals surface area contributed by atoms with E-state index in [1.54, 1.807) is 31.4 Å². The Balaban J connectivity index is 1.66. The second-order valence-electron chi connectivity index (χ2n) is 6.91. The lowest BCUT2D eigenvalue weighted by Crippen LogP contribution is -2.46. The molecular formula is C21H24N2O4. The quantitative estimate of drug-likeness (QED) is 0.723. The Morgan fingerprint density at radius 3 is 2.74 bits per heavy atom. The molecule has 1 unspecified atom stereocenters. The van der Waals surface area contributed by atoms with Crippen LogP contribution in [0.2, 0.25) is 0 Å². The van der Waals surface area contributed by atoms with Gasteiger partial charge in [-0.2, -0.15) is 0 Å². The predicted octanol–water partition coefficient (Wildman–Crippen LogP) is 2.28. The fraction of sp³-hybridized carbons (Fsp3) is 0.333. The molecule has 6 nitrogen and oxygen atoms in total. The van der Waals surface area contributed by atoms with Gasteiger partial charge in [-0.15, -0.1) is 0 Å². The zero-order chi connectivity index (χ0) is 19.4. The summed E-state index contributed by atoms with van der Waals surface area (Å²) in [5.41, 5.74) is 2.12. The highest BCUT2D eigenvalue weighted by Crippen LogP contribution is 2.36. The standard InChI is InChI=1S/C21H24N2O4/c1-14-5-3-7-16(11-14)23-20(25)19(24)22-13-21(26)10-4-6-15-12-17(27-2)8-9-18(15)21/h3,5,7-9,11-12,26H,4,6,10,13H2,1-2H3,(H,22,24)(H,23,25). The van der Waals surface area contributed by atoms with Crippen molar-refractivity contribution in [3.63, 3.8) is 0 Å². The number of hydrogen-bond acceptors (Lipinski definition) is 4. The minimum absolute atomic E-state index is 0.0214. The van der Waals surface area contributed by atoms with Crippen molar-refractivity contribution >= 4 is 17.5 Å². The van der Waals surface area contributed by atoms with Crippen LogP contribution in [0.3, 0.4) is 0 Å². The summed E-state index contributed by atoms with van der Waals surface area (Å²) in [5, 5.41) is 16.2. The number of carbonyl (C=O) groups excluding carboxylic acids is 2. The highest BCUT2D eigenvalue weighted by atomic mass is 16.5. The molecule has 2 aromatic rings. The van der Waals surface area contributed by atoms with Crippen LogP contribution in [0.1, 0.15) is 29.5 Å². The average molecular weight is 368 g/mol. The van der Waals surface area contributed by atoms with Gasteiger partial charge in [-0.25, -0.2) is 0 Å². The fourth-order valence-electron chi connectivity index (χ4n) is 3.46. The van der Waals surface area contributed by atoms with Gasteiger partial charge < -0.3 is 20.5 Å². The SMILES string of the molecule is COc1ccc2c(c1)CCCC2(O)CNC(=O)C(=O)Nc1cccc(C)c1. The van der Waals surface area contributed by atoms with Crippen LogP contribution in [-0.4, -0.2) is 30.6 Å². The molecule has 2 aromatic carbocycles. The number of carbonyl (C=O) groups is 2. The number of methoxy groups -OCH3 is 1. The van der Waals surface area contributed by atoms with Crippen molar-refractivity contribution < 1.29 is 19.4 Å². The number of fused-ring (bicyclic) bond motifs is 1. The van der Waals surface area contributed by atoms with E-state index in [0.717, 1.165) is 35.3 Å². The number of rotatable bonds is 4. The maximum Gasteiger partial charge on any atom is 0.313 e. The number of amides is 2. The molecule has 27 heavy (non-hydrogen) atoms. The smallest absolute Gasteiger partial charge is 0.313 e. The molecule has 1 atom stereocenters. The van der Waals surface area contributed by atoms with E-state index in [1.165, 1.54) is 0 Å². The first-order valence-electron chi connectivity index (χ1n) is 8.97. The minimum atomic E-state index is -1.20. The third kappa shape index (κ3) is 4.28. The summed E-state index contributed by atoms with van der Waals surface area (Å²) in [5.74, 6) is -0.792. The first kappa shape index (κ1) is 18.9. The lowest BCUT2D eigenvalue weighted by molar-refractivity contribution is -0.137. The van der Waals surface area contributed by atoms with Crippen molar-refractivity contribution in [3.8, 4) is 5.75 Å². The number of ether oxygens (including phenoxy) is 1. The van der Waals surface area contributed by atoms with Crippen molar-refractivity contribution in [3.05, 3.63) is 59.2 Å². The van der Waals surface area contributed by atoms with Crippen LogP contribution in [0.25, 0.3) is 0 Å². The van der Waals surface area contributed by atoms with Crippen LogP contribution < -0.4 is 15.4 Å². The largest absolute Gasteiger partial charge is 0.497 e. The van der Waals surface area contributed by atoms with Gasteiger partial charge >= 0.3 is 11.8 Å². The third-order valence-corrected chi connectivity index (χ3v) is 4.87. The van der Waals surface area contributed by atoms with E-state index in [4.69, 9.17) is 4.74 Å². The topological polar surface area (TPSA) is 87.7 Å². The second-order valence-corrected chi connectivity index (χ2v) is 6.91. The molecule has 3 N–H and O–H groups in total. The Kier molecular flexibility index (Phi) is 5.46. The van der Waals surface area contributed by atoms with Crippen molar-refractivity contribution in [2.75, 3.05) is 19.0 Å². The van der Waals surface area contributed by atoms with E-state index >= 15 is 0 Å². The average Bonchev–Trinajstić information content (AvgIpc) is 2.66. The van der Waals surface area contributed by atoms with Gasteiger partial charge in [0.25, 0.3) is 0 Å². The Morgan fingerprint density at radius 1 is 1.19 bits per heavy atom. The molecule has 1 aliphatic carbocycles. The second kappa shape index (κ2) is 7.80. The molecule has 1 aliphatic rings. The van der Waals surface area contributed by atoms with Crippen LogP contribution in [0.5, 0.6) is 5.75 Å². The zero-order valence-corrected chi connectivity index (χ0v) is 15.5. The highest BCUT2D eigenvalue weighted by Gasteiger charge is 2.35. The van der Waals surface area contributed by atoms with Gasteiger partial charge in [0.05, 0.1) is 13.7 Å². The van der Waals surface area contributed by atoms with E-state index in [0.29, 0.717) is 12.1 Å². The Labute approximate surface area is 158 Å². The molecule has 0 bridgehead atoms. The minimum Gasteiger partial charge on any atom is -0.497 e. The van der Waals surface area contributed by atoms with E-state index in [2.05, 4.69) is 10.6 Å². The summed E-state index contributed by atoms with van der Waals surface area (Å²) in [6, 6.07) is 12.7. The lowest BCUT2D eigenvalue weighted by atomic mass is 9.79. The van der Waals surface area contributed by atoms with E-state index in [1.807, 2.05) is 25.1 Å². The highest BCUT2D eigenvalue weighted by molar-refractivity contribution is 6.39. The lowest BCUT2D eigenvalue weighted by Gasteiger charge is -2.34. The monoisotopic (exact) mass is 368 g/mol. The Morgan fingerprint density at radius 2 is 2.00 bits per heavy atom. The van der Waals surface area contributed by atoms with Gasteiger partial charge in [0.2, 0.25) is 0 Å². The predicted molar refractivity (Wildman–Crippen MR) is 103 cm³/mol. The van der Waals surface area contributed by atoms with Crippen LogP contribution in [0.15, 0.2) is 42.5 Å². The third-order valence-electron chi connectivity index (χ3n) is 4.87. The number of aryl methyl sites for hydroxylation is 2. The van der Waals surface area contributed by atoms with E-state index < -0.39 is 17.4 Å². The van der Waals surface area contributed by atoms with Crippen molar-refractivity contribution in [2.24, 2.45) is 0 Å². The van der Waals surface area contributed by atoms with Gasteiger partial charge in [-0.05, 0) is 67.1 Å². The number of anilines is 1. The van der Waals surface area contributed by atoms with Gasteiger partial charge in [-0.3, -0.25) is 9.59 Å². The molecule has 142 valence electrons. The number of benzene rings is 2. The molecule has 0 aliphatic heterocycles. The molecule has 0 aromatic heterocycles. The molecule has 0 fully saturated rings. The maximum atomic E-state index is 12.2. The molecular weight excluding hydrogens is 344 g/mol. The van der Waals surface area contributed by atoms with Gasteiger partial charge in [-0.1, -0.05) is 18.2 Å². The summed E-state index contributed by atoms with van der Waals surface area (Å²) in [6.45, 7) is 1.88. The molecule has 3 rings (SSSR count). The summed E-state index contributed by atoms with van der Waals surface area (Å²) in [6.07, 6.45) is 2.16. The summed E-state index contributed by atoms with van der Waals surface area (Å²) < 4.78 is 5.24. The first-order chi connectivity index (χ1) is 12.9. The normalized spacial score (nSPS) is 18.3. The molecule has 0 spiro atoms. The summed E-state index contributed by atoms with van der Waals surface area (Å²) >= 11 is 0. The van der Waals surface area contributed by atoms with Gasteiger partial charge in [0.15, 0.2) is 0 Å². The van der Waals surface area contributed by atoms with Crippen LogP contribution in [-0.2, 0) is 21.6 Å². The van der Waals surface area contributed by atoms with E-state index in [9.17, 15) is 14.7 Å². The van der Waals surface area contributed by atoms with Crippen molar-refractivity contribution in [2.45, 2.75) is 31.8 Å². The molecule has 0 heterocycles. The van der Waals surface area contributed by atoms with E-state index in [-0.39, 0.29) is 6.54 Å². The first-order valence-corrected chi connectivity index (χ1v) is 8.97. The zero-order valence-electron chi connectivity index (χ0n) is 15.5. The summed E-state index contributed by atoms with van der Waals surface area (Å²) in [4.78, 5) is 24.3. The molecule has 0 radical (unpaired) electrons. The van der Waals surface area contributed by atoms with Gasteiger partial charge in [0, 0.05) is 5.69 Å². The summed E-state index contributed by atoms with van der Waals surface area (Å²) in [7, 11) is 1.60. The van der Waals surface area contributed by atoms with Crippen molar-refractivity contribution in [1.82, 2.24) is 5.32 Å². The number of aliphatic hydroxyl groups is 1. The fourth-order valence-corrected chi connectivity index (χ4v) is 3.46. The van der Waals surface area contributed by atoms with Gasteiger partial charge in [0.1, 0.15) is 11.4 Å². The van der Waals surface area contributed by atoms with Crippen LogP contribution in [0.4, 0.5) is 5.69 Å². The Hall–Kier alpha value is -2.86. The molecule has 0 saturated heterocycles. The Bertz CT molecular complexity index is 865. The number of hydrogen-bond donors (Lipinski definition) is 3. The number of nitrogens with one attached hydrogen (secondary N) is 2. The molecule has 6 heteroatoms. The van der Waals surface area contributed by atoms with Crippen LogP contribution >= 0.6 is 0 Å². The van der Waals surface area contributed by atoms with Crippen molar-refractivity contribution in [1.29, 1.82) is 0 Å². The molecule has 0 saturated carbocycles. The molecule has 2 amide bonds. The van der Waals surface area contributed by atoms with Crippen LogP contribution in [0, 0.1) is 6.92 Å².